The molecule has 1 fully saturated rings. The third-order valence-corrected chi connectivity index (χ3v) is 3.89. The van der Waals surface area contributed by atoms with Crippen molar-refractivity contribution in [3.63, 3.8) is 0 Å². The van der Waals surface area contributed by atoms with Crippen LogP contribution in [0, 0.1) is 5.92 Å². The van der Waals surface area contributed by atoms with Crippen LogP contribution in [0.25, 0.3) is 0 Å². The number of benzene rings is 1. The predicted octanol–water partition coefficient (Wildman–Crippen LogP) is 2.90. The van der Waals surface area contributed by atoms with Crippen molar-refractivity contribution < 1.29 is 0 Å². The molecule has 100 valence electrons. The minimum Gasteiger partial charge on any atom is -0.315 e. The molecule has 1 saturated heterocycles. The van der Waals surface area contributed by atoms with Crippen molar-refractivity contribution in [3.05, 3.63) is 35.4 Å². The Kier molecular flexibility index (Phi) is 4.79. The highest BCUT2D eigenvalue weighted by Crippen LogP contribution is 2.23. The molecule has 2 rings (SSSR count). The van der Waals surface area contributed by atoms with Gasteiger partial charge in [0.05, 0.1) is 0 Å². The van der Waals surface area contributed by atoms with Gasteiger partial charge in [-0.25, -0.2) is 0 Å². The number of nitrogens with one attached hydrogen (secondary N) is 2. The van der Waals surface area contributed by atoms with E-state index in [9.17, 15) is 0 Å². The first kappa shape index (κ1) is 13.6. The van der Waals surface area contributed by atoms with E-state index in [0.717, 1.165) is 19.5 Å². The van der Waals surface area contributed by atoms with E-state index in [0.29, 0.717) is 18.0 Å². The zero-order valence-corrected chi connectivity index (χ0v) is 11.9. The van der Waals surface area contributed by atoms with Crippen molar-refractivity contribution in [1.82, 2.24) is 10.6 Å². The summed E-state index contributed by atoms with van der Waals surface area (Å²) in [5.41, 5.74) is 2.85. The number of aryl methyl sites for hydroxylation is 1. The van der Waals surface area contributed by atoms with E-state index in [1.807, 2.05) is 0 Å². The summed E-state index contributed by atoms with van der Waals surface area (Å²) in [6.07, 6.45) is 2.36. The Balaban J connectivity index is 2.07. The van der Waals surface area contributed by atoms with Crippen molar-refractivity contribution >= 4 is 0 Å². The van der Waals surface area contributed by atoms with E-state index in [1.54, 1.807) is 0 Å². The average Bonchev–Trinajstić information content (AvgIpc) is 2.89. The van der Waals surface area contributed by atoms with E-state index in [-0.39, 0.29) is 0 Å². The zero-order valence-electron chi connectivity index (χ0n) is 11.9. The summed E-state index contributed by atoms with van der Waals surface area (Å²) in [7, 11) is 0. The lowest BCUT2D eigenvalue weighted by atomic mass is 9.94. The Morgan fingerprint density at radius 3 is 2.50 bits per heavy atom. The summed E-state index contributed by atoms with van der Waals surface area (Å²) in [5, 5.41) is 7.23. The fourth-order valence-electron chi connectivity index (χ4n) is 2.69. The molecule has 1 aromatic carbocycles. The van der Waals surface area contributed by atoms with Crippen molar-refractivity contribution in [2.45, 2.75) is 45.7 Å². The monoisotopic (exact) mass is 246 g/mol. The van der Waals surface area contributed by atoms with E-state index >= 15 is 0 Å². The third kappa shape index (κ3) is 3.33. The Labute approximate surface area is 111 Å². The number of hydrogen-bond donors (Lipinski definition) is 2. The first-order chi connectivity index (χ1) is 8.70. The highest BCUT2D eigenvalue weighted by molar-refractivity contribution is 5.25. The quantitative estimate of drug-likeness (QED) is 0.835. The van der Waals surface area contributed by atoms with Crippen LogP contribution in [0.15, 0.2) is 24.3 Å². The fraction of sp³-hybridized carbons (Fsp3) is 0.625. The number of hydrogen-bond acceptors (Lipinski definition) is 2. The van der Waals surface area contributed by atoms with Gasteiger partial charge in [-0.2, -0.15) is 0 Å². The zero-order chi connectivity index (χ0) is 13.0. The molecule has 0 saturated carbocycles. The molecular formula is C16H26N2. The molecule has 2 nitrogen and oxygen atoms in total. The topological polar surface area (TPSA) is 24.1 Å². The van der Waals surface area contributed by atoms with Crippen molar-refractivity contribution in [3.8, 4) is 0 Å². The predicted molar refractivity (Wildman–Crippen MR) is 77.8 cm³/mol. The van der Waals surface area contributed by atoms with Crippen LogP contribution in [0.4, 0.5) is 0 Å². The molecule has 0 spiro atoms. The molecule has 0 aromatic heterocycles. The SMILES string of the molecule is CCc1ccc(C(NC2CCNC2)C(C)C)cc1. The van der Waals surface area contributed by atoms with Gasteiger partial charge < -0.3 is 10.6 Å². The third-order valence-electron chi connectivity index (χ3n) is 3.89. The van der Waals surface area contributed by atoms with E-state index in [4.69, 9.17) is 0 Å². The van der Waals surface area contributed by atoms with Gasteiger partial charge in [0.2, 0.25) is 0 Å². The summed E-state index contributed by atoms with van der Waals surface area (Å²) < 4.78 is 0. The summed E-state index contributed by atoms with van der Waals surface area (Å²) in [6.45, 7) is 9.06. The van der Waals surface area contributed by atoms with Gasteiger partial charge in [0.25, 0.3) is 0 Å². The number of rotatable bonds is 5. The largest absolute Gasteiger partial charge is 0.315 e. The molecule has 1 aliphatic rings. The normalized spacial score (nSPS) is 21.4. The van der Waals surface area contributed by atoms with Gasteiger partial charge in [0.1, 0.15) is 0 Å². The Morgan fingerprint density at radius 2 is 2.00 bits per heavy atom. The van der Waals surface area contributed by atoms with Crippen LogP contribution in [0.2, 0.25) is 0 Å². The van der Waals surface area contributed by atoms with Crippen LogP contribution < -0.4 is 10.6 Å². The summed E-state index contributed by atoms with van der Waals surface area (Å²) in [6, 6.07) is 10.2. The summed E-state index contributed by atoms with van der Waals surface area (Å²) >= 11 is 0. The minimum atomic E-state index is 0.473. The van der Waals surface area contributed by atoms with Gasteiger partial charge in [-0.05, 0) is 36.4 Å². The van der Waals surface area contributed by atoms with E-state index in [1.165, 1.54) is 17.5 Å². The molecule has 1 aromatic rings. The van der Waals surface area contributed by atoms with Crippen LogP contribution >= 0.6 is 0 Å². The van der Waals surface area contributed by atoms with Gasteiger partial charge >= 0.3 is 0 Å². The maximum absolute atomic E-state index is 3.81. The van der Waals surface area contributed by atoms with E-state index in [2.05, 4.69) is 55.7 Å². The molecular weight excluding hydrogens is 220 g/mol. The first-order valence-corrected chi connectivity index (χ1v) is 7.26. The van der Waals surface area contributed by atoms with Gasteiger partial charge in [0, 0.05) is 18.6 Å². The summed E-state index contributed by atoms with van der Waals surface area (Å²) in [4.78, 5) is 0. The summed E-state index contributed by atoms with van der Waals surface area (Å²) in [5.74, 6) is 0.623. The lowest BCUT2D eigenvalue weighted by Gasteiger charge is -2.26. The standard InChI is InChI=1S/C16H26N2/c1-4-13-5-7-14(8-6-13)16(12(2)3)18-15-9-10-17-11-15/h5-8,12,15-18H,4,9-11H2,1-3H3. The lowest BCUT2D eigenvalue weighted by Crippen LogP contribution is -2.36. The Bertz CT molecular complexity index is 350. The van der Waals surface area contributed by atoms with Gasteiger partial charge in [0.15, 0.2) is 0 Å². The van der Waals surface area contributed by atoms with E-state index < -0.39 is 0 Å². The Morgan fingerprint density at radius 1 is 1.28 bits per heavy atom. The second kappa shape index (κ2) is 6.35. The maximum Gasteiger partial charge on any atom is 0.0346 e. The van der Waals surface area contributed by atoms with Gasteiger partial charge in [-0.3, -0.25) is 0 Å². The molecule has 1 aliphatic heterocycles. The van der Waals surface area contributed by atoms with Crippen LogP contribution in [0.1, 0.15) is 44.4 Å². The molecule has 1 heterocycles. The van der Waals surface area contributed by atoms with Crippen molar-refractivity contribution in [2.75, 3.05) is 13.1 Å². The second-order valence-electron chi connectivity index (χ2n) is 5.67. The second-order valence-corrected chi connectivity index (χ2v) is 5.67. The van der Waals surface area contributed by atoms with Crippen molar-refractivity contribution in [2.24, 2.45) is 5.92 Å². The molecule has 2 atom stereocenters. The van der Waals surface area contributed by atoms with Crippen LogP contribution in [0.3, 0.4) is 0 Å². The molecule has 0 bridgehead atoms. The molecule has 0 amide bonds. The highest BCUT2D eigenvalue weighted by atomic mass is 15.0. The minimum absolute atomic E-state index is 0.473. The van der Waals surface area contributed by atoms with Crippen molar-refractivity contribution in [1.29, 1.82) is 0 Å². The Hall–Kier alpha value is -0.860. The molecule has 0 aliphatic carbocycles. The molecule has 2 heteroatoms. The highest BCUT2D eigenvalue weighted by Gasteiger charge is 2.22. The molecule has 2 N–H and O–H groups in total. The van der Waals surface area contributed by atoms with Crippen LogP contribution in [-0.4, -0.2) is 19.1 Å². The van der Waals surface area contributed by atoms with Crippen LogP contribution in [-0.2, 0) is 6.42 Å². The van der Waals surface area contributed by atoms with Gasteiger partial charge in [-0.1, -0.05) is 45.0 Å². The van der Waals surface area contributed by atoms with Gasteiger partial charge in [-0.15, -0.1) is 0 Å². The maximum atomic E-state index is 3.81. The van der Waals surface area contributed by atoms with Crippen LogP contribution in [0.5, 0.6) is 0 Å². The molecule has 18 heavy (non-hydrogen) atoms. The molecule has 2 unspecified atom stereocenters. The smallest absolute Gasteiger partial charge is 0.0346 e. The first-order valence-electron chi connectivity index (χ1n) is 7.26. The lowest BCUT2D eigenvalue weighted by molar-refractivity contribution is 0.369. The molecule has 0 radical (unpaired) electrons. The fourth-order valence-corrected chi connectivity index (χ4v) is 2.69. The average molecular weight is 246 g/mol.